The lowest BCUT2D eigenvalue weighted by atomic mass is 9.68. The van der Waals surface area contributed by atoms with E-state index in [0.29, 0.717) is 11.8 Å². The summed E-state index contributed by atoms with van der Waals surface area (Å²) < 4.78 is 15.2. The molecule has 3 aliphatic rings. The molecule has 0 bridgehead atoms. The highest BCUT2D eigenvalue weighted by molar-refractivity contribution is 5.30. The maximum Gasteiger partial charge on any atom is 0.126 e. The SMILES string of the molecule is CCCCCC1CCC(C2CCC(c3ccc(C4CCC(CCC)CC4)cc3F)CC2)CC1. The Labute approximate surface area is 204 Å². The van der Waals surface area contributed by atoms with Gasteiger partial charge in [-0.25, -0.2) is 4.39 Å². The molecule has 1 aromatic carbocycles. The molecule has 186 valence electrons. The first-order valence-electron chi connectivity index (χ1n) is 15.0. The lowest BCUT2D eigenvalue weighted by molar-refractivity contribution is 0.155. The number of rotatable bonds is 9. The van der Waals surface area contributed by atoms with Crippen LogP contribution in [0.25, 0.3) is 0 Å². The summed E-state index contributed by atoms with van der Waals surface area (Å²) in [5.41, 5.74) is 2.30. The van der Waals surface area contributed by atoms with Crippen LogP contribution in [0.15, 0.2) is 18.2 Å². The fourth-order valence-electron chi connectivity index (χ4n) is 7.85. The Hall–Kier alpha value is -0.850. The monoisotopic (exact) mass is 454 g/mol. The second-order valence-electron chi connectivity index (χ2n) is 12.2. The van der Waals surface area contributed by atoms with Gasteiger partial charge in [0.1, 0.15) is 5.82 Å². The molecular formula is C32H51F. The van der Waals surface area contributed by atoms with Crippen LogP contribution < -0.4 is 0 Å². The zero-order chi connectivity index (χ0) is 23.0. The molecule has 0 heterocycles. The van der Waals surface area contributed by atoms with Crippen LogP contribution >= 0.6 is 0 Å². The Morgan fingerprint density at radius 1 is 0.636 bits per heavy atom. The zero-order valence-corrected chi connectivity index (χ0v) is 21.8. The van der Waals surface area contributed by atoms with Gasteiger partial charge in [-0.3, -0.25) is 0 Å². The van der Waals surface area contributed by atoms with E-state index in [1.165, 1.54) is 121 Å². The fraction of sp³-hybridized carbons (Fsp3) is 0.812. The molecule has 0 unspecified atom stereocenters. The van der Waals surface area contributed by atoms with Gasteiger partial charge in [-0.2, -0.15) is 0 Å². The summed E-state index contributed by atoms with van der Waals surface area (Å²) in [6.45, 7) is 4.61. The minimum Gasteiger partial charge on any atom is -0.207 e. The van der Waals surface area contributed by atoms with Gasteiger partial charge < -0.3 is 0 Å². The van der Waals surface area contributed by atoms with Gasteiger partial charge in [0.15, 0.2) is 0 Å². The van der Waals surface area contributed by atoms with E-state index in [1.807, 2.05) is 6.07 Å². The van der Waals surface area contributed by atoms with Crippen molar-refractivity contribution in [3.05, 3.63) is 35.1 Å². The number of unbranched alkanes of at least 4 members (excludes halogenated alkanes) is 2. The predicted octanol–water partition coefficient (Wildman–Crippen LogP) is 10.6. The number of halogens is 1. The van der Waals surface area contributed by atoms with Crippen LogP contribution in [-0.4, -0.2) is 0 Å². The van der Waals surface area contributed by atoms with Crippen LogP contribution in [0.3, 0.4) is 0 Å². The third-order valence-corrected chi connectivity index (χ3v) is 10.0. The Bertz CT molecular complexity index is 684. The van der Waals surface area contributed by atoms with Gasteiger partial charge >= 0.3 is 0 Å². The van der Waals surface area contributed by atoms with Gasteiger partial charge in [-0.1, -0.05) is 77.3 Å². The van der Waals surface area contributed by atoms with E-state index >= 15 is 4.39 Å². The van der Waals surface area contributed by atoms with Gasteiger partial charge in [0.25, 0.3) is 0 Å². The number of hydrogen-bond donors (Lipinski definition) is 0. The normalized spacial score (nSPS) is 33.2. The van der Waals surface area contributed by atoms with Crippen molar-refractivity contribution in [3.8, 4) is 0 Å². The third-order valence-electron chi connectivity index (χ3n) is 10.0. The summed E-state index contributed by atoms with van der Waals surface area (Å²) in [6.07, 6.45) is 24.5. The van der Waals surface area contributed by atoms with Gasteiger partial charge in [0, 0.05) is 0 Å². The Morgan fingerprint density at radius 3 is 1.82 bits per heavy atom. The van der Waals surface area contributed by atoms with E-state index < -0.39 is 0 Å². The van der Waals surface area contributed by atoms with Crippen LogP contribution in [0.4, 0.5) is 4.39 Å². The first-order valence-corrected chi connectivity index (χ1v) is 15.0. The highest BCUT2D eigenvalue weighted by atomic mass is 19.1. The summed E-state index contributed by atoms with van der Waals surface area (Å²) >= 11 is 0. The molecule has 0 spiro atoms. The van der Waals surface area contributed by atoms with Gasteiger partial charge in [0.2, 0.25) is 0 Å². The Morgan fingerprint density at radius 2 is 1.21 bits per heavy atom. The second-order valence-corrected chi connectivity index (χ2v) is 12.2. The average molecular weight is 455 g/mol. The summed E-state index contributed by atoms with van der Waals surface area (Å²) in [4.78, 5) is 0. The predicted molar refractivity (Wildman–Crippen MR) is 140 cm³/mol. The minimum atomic E-state index is 0.0965. The molecular weight excluding hydrogens is 403 g/mol. The molecule has 3 fully saturated rings. The van der Waals surface area contributed by atoms with Crippen LogP contribution in [0.5, 0.6) is 0 Å². The van der Waals surface area contributed by atoms with Crippen molar-refractivity contribution in [2.24, 2.45) is 23.7 Å². The number of hydrogen-bond acceptors (Lipinski definition) is 0. The lowest BCUT2D eigenvalue weighted by Gasteiger charge is -2.38. The molecule has 0 nitrogen and oxygen atoms in total. The molecule has 0 N–H and O–H groups in total. The van der Waals surface area contributed by atoms with Crippen molar-refractivity contribution < 1.29 is 4.39 Å². The quantitative estimate of drug-likeness (QED) is 0.325. The molecule has 3 saturated carbocycles. The van der Waals surface area contributed by atoms with Gasteiger partial charge in [-0.15, -0.1) is 0 Å². The minimum absolute atomic E-state index is 0.0965. The van der Waals surface area contributed by atoms with E-state index in [1.54, 1.807) is 0 Å². The molecule has 0 radical (unpaired) electrons. The highest BCUT2D eigenvalue weighted by Gasteiger charge is 2.32. The fourth-order valence-corrected chi connectivity index (χ4v) is 7.85. The van der Waals surface area contributed by atoms with E-state index in [0.717, 1.165) is 29.2 Å². The molecule has 4 rings (SSSR count). The van der Waals surface area contributed by atoms with Crippen molar-refractivity contribution in [3.63, 3.8) is 0 Å². The largest absolute Gasteiger partial charge is 0.207 e. The summed E-state index contributed by atoms with van der Waals surface area (Å²) in [5, 5.41) is 0. The summed E-state index contributed by atoms with van der Waals surface area (Å²) in [6, 6.07) is 6.39. The van der Waals surface area contributed by atoms with Crippen molar-refractivity contribution in [2.45, 2.75) is 141 Å². The summed E-state index contributed by atoms with van der Waals surface area (Å²) in [7, 11) is 0. The number of benzene rings is 1. The first kappa shape index (κ1) is 25.2. The lowest BCUT2D eigenvalue weighted by Crippen LogP contribution is -2.25. The molecule has 1 heteroatoms. The first-order chi connectivity index (χ1) is 16.2. The van der Waals surface area contributed by atoms with E-state index in [2.05, 4.69) is 26.0 Å². The maximum absolute atomic E-state index is 15.2. The molecule has 0 aliphatic heterocycles. The van der Waals surface area contributed by atoms with Crippen molar-refractivity contribution in [1.82, 2.24) is 0 Å². The van der Waals surface area contributed by atoms with E-state index in [-0.39, 0.29) is 5.82 Å². The highest BCUT2D eigenvalue weighted by Crippen LogP contribution is 2.45. The molecule has 1 aromatic rings. The van der Waals surface area contributed by atoms with Crippen LogP contribution in [0, 0.1) is 29.5 Å². The van der Waals surface area contributed by atoms with Gasteiger partial charge in [0.05, 0.1) is 0 Å². The van der Waals surface area contributed by atoms with E-state index in [9.17, 15) is 0 Å². The van der Waals surface area contributed by atoms with Crippen LogP contribution in [-0.2, 0) is 0 Å². The smallest absolute Gasteiger partial charge is 0.126 e. The molecule has 33 heavy (non-hydrogen) atoms. The third kappa shape index (κ3) is 6.85. The average Bonchev–Trinajstić information content (AvgIpc) is 2.85. The molecule has 3 aliphatic carbocycles. The summed E-state index contributed by atoms with van der Waals surface area (Å²) in [5.74, 6) is 4.96. The van der Waals surface area contributed by atoms with E-state index in [4.69, 9.17) is 0 Å². The molecule has 0 amide bonds. The maximum atomic E-state index is 15.2. The van der Waals surface area contributed by atoms with Crippen LogP contribution in [0.1, 0.15) is 152 Å². The van der Waals surface area contributed by atoms with Gasteiger partial charge in [-0.05, 0) is 117 Å². The van der Waals surface area contributed by atoms with Crippen molar-refractivity contribution in [1.29, 1.82) is 0 Å². The van der Waals surface area contributed by atoms with Crippen molar-refractivity contribution >= 4 is 0 Å². The second kappa shape index (κ2) is 12.7. The zero-order valence-electron chi connectivity index (χ0n) is 21.8. The van der Waals surface area contributed by atoms with Crippen LogP contribution in [0.2, 0.25) is 0 Å². The van der Waals surface area contributed by atoms with Crippen molar-refractivity contribution in [2.75, 3.05) is 0 Å². The molecule has 0 saturated heterocycles. The standard InChI is InChI=1S/C32H51F/c1-3-5-6-8-25-11-13-26(14-12-25)27-17-19-29(20-18-27)31-22-21-30(23-32(31)33)28-15-9-24(7-4-2)10-16-28/h21-29H,3-20H2,1-2H3. The topological polar surface area (TPSA) is 0 Å². The molecule has 0 aromatic heterocycles. The Balaban J connectivity index is 1.23. The Kier molecular flexibility index (Phi) is 9.75. The molecule has 0 atom stereocenters.